The smallest absolute Gasteiger partial charge is 0.217 e. The van der Waals surface area contributed by atoms with Gasteiger partial charge < -0.3 is 16.6 Å². The Balaban J connectivity index is -0.000000188. The quantitative estimate of drug-likeness (QED) is 0.400. The summed E-state index contributed by atoms with van der Waals surface area (Å²) in [5, 5.41) is 7.75. The first-order valence-electron chi connectivity index (χ1n) is 7.28. The van der Waals surface area contributed by atoms with E-state index >= 15 is 0 Å². The number of amides is 1. The van der Waals surface area contributed by atoms with E-state index in [-0.39, 0.29) is 71.6 Å². The Hall–Kier alpha value is 1.39. The summed E-state index contributed by atoms with van der Waals surface area (Å²) in [6.07, 6.45) is 12.1. The number of nitrogens with two attached hydrogens (primary N) is 2. The normalized spacial score (nSPS) is 8.75. The summed E-state index contributed by atoms with van der Waals surface area (Å²) in [5.41, 5.74) is 9.83. The van der Waals surface area contributed by atoms with Gasteiger partial charge in [-0.05, 0) is 6.42 Å². The maximum Gasteiger partial charge on any atom is 0.217 e. The van der Waals surface area contributed by atoms with E-state index in [4.69, 9.17) is 16.6 Å². The summed E-state index contributed by atoms with van der Waals surface area (Å²) in [7, 11) is 0. The molecule has 0 atom stereocenters. The van der Waals surface area contributed by atoms with Gasteiger partial charge in [0.25, 0.3) is 0 Å². The third kappa shape index (κ3) is 36.6. The molecule has 6 heteroatoms. The number of carbonyl (C=O) groups is 1. The van der Waals surface area contributed by atoms with Crippen molar-refractivity contribution in [3.63, 3.8) is 0 Å². The van der Waals surface area contributed by atoms with E-state index in [9.17, 15) is 4.79 Å². The van der Waals surface area contributed by atoms with Crippen LogP contribution in [0.2, 0.25) is 0 Å². The van der Waals surface area contributed by atoms with Gasteiger partial charge in [0.05, 0.1) is 6.61 Å². The predicted octanol–water partition coefficient (Wildman–Crippen LogP) is 1.57. The summed E-state index contributed by atoms with van der Waals surface area (Å²) in [4.78, 5) is 10.4. The van der Waals surface area contributed by atoms with Crippen molar-refractivity contribution in [2.45, 2.75) is 71.1 Å². The molecule has 0 unspecified atom stereocenters. The van der Waals surface area contributed by atoms with Crippen molar-refractivity contribution >= 4 is 65.0 Å². The van der Waals surface area contributed by atoms with Gasteiger partial charge in [0.1, 0.15) is 0 Å². The number of hydrogen-bond donors (Lipinski definition) is 3. The molecule has 0 saturated heterocycles. The molecule has 0 aromatic heterocycles. The van der Waals surface area contributed by atoms with Gasteiger partial charge in [-0.15, -0.1) is 0 Å². The van der Waals surface area contributed by atoms with Crippen LogP contribution in [0.1, 0.15) is 71.1 Å². The number of carbonyl (C=O) groups excluding carboxylic acids is 1. The number of primary amides is 1. The SMILES string of the molecule is CCCCCCCCCCCC(N)=O.NCCO.[Na].[Na]. The number of aliphatic hydroxyl groups is 1. The molecule has 0 bridgehead atoms. The predicted molar refractivity (Wildman–Crippen MR) is 88.7 cm³/mol. The molecule has 0 heterocycles. The molecular weight excluding hydrogens is 274 g/mol. The molecule has 0 rings (SSSR count). The third-order valence-corrected chi connectivity index (χ3v) is 2.66. The zero-order chi connectivity index (χ0) is 14.1. The van der Waals surface area contributed by atoms with Gasteiger partial charge in [-0.3, -0.25) is 4.79 Å². The fourth-order valence-corrected chi connectivity index (χ4v) is 1.61. The van der Waals surface area contributed by atoms with E-state index in [2.05, 4.69) is 6.92 Å². The van der Waals surface area contributed by atoms with Crippen molar-refractivity contribution < 1.29 is 9.90 Å². The summed E-state index contributed by atoms with van der Waals surface area (Å²) in [5.74, 6) is -0.159. The van der Waals surface area contributed by atoms with E-state index in [1.807, 2.05) is 0 Å². The van der Waals surface area contributed by atoms with Crippen LogP contribution in [0, 0.1) is 0 Å². The van der Waals surface area contributed by atoms with Crippen LogP contribution >= 0.6 is 0 Å². The summed E-state index contributed by atoms with van der Waals surface area (Å²) in [6, 6.07) is 0. The van der Waals surface area contributed by atoms with Gasteiger partial charge in [0.15, 0.2) is 0 Å². The van der Waals surface area contributed by atoms with Gasteiger partial charge in [-0.25, -0.2) is 0 Å². The Kier molecular flexibility index (Phi) is 42.0. The fourth-order valence-electron chi connectivity index (χ4n) is 1.61. The molecular formula is C14H32N2Na2O2. The van der Waals surface area contributed by atoms with Gasteiger partial charge in [0, 0.05) is 72.1 Å². The summed E-state index contributed by atoms with van der Waals surface area (Å²) in [6.45, 7) is 2.71. The average molecular weight is 306 g/mol. The van der Waals surface area contributed by atoms with Crippen LogP contribution < -0.4 is 11.5 Å². The van der Waals surface area contributed by atoms with E-state index in [1.165, 1.54) is 44.9 Å². The van der Waals surface area contributed by atoms with Gasteiger partial charge in [-0.1, -0.05) is 58.3 Å². The first kappa shape index (κ1) is 29.4. The average Bonchev–Trinajstić information content (AvgIpc) is 2.37. The van der Waals surface area contributed by atoms with Crippen LogP contribution in [0.25, 0.3) is 0 Å². The zero-order valence-corrected chi connectivity index (χ0v) is 18.0. The summed E-state index contributed by atoms with van der Waals surface area (Å²) >= 11 is 0. The van der Waals surface area contributed by atoms with Crippen molar-refractivity contribution in [2.24, 2.45) is 11.5 Å². The van der Waals surface area contributed by atoms with E-state index < -0.39 is 0 Å². The number of hydrogen-bond acceptors (Lipinski definition) is 3. The standard InChI is InChI=1S/C12H25NO.C2H7NO.2Na/c1-2-3-4-5-6-7-8-9-10-11-12(13)14;3-1-2-4;;/h2-11H2,1H3,(H2,13,14);4H,1-3H2;;. The number of aliphatic hydroxyl groups excluding tert-OH is 1. The van der Waals surface area contributed by atoms with E-state index in [0.29, 0.717) is 13.0 Å². The first-order valence-corrected chi connectivity index (χ1v) is 7.28. The molecule has 112 valence electrons. The van der Waals surface area contributed by atoms with Crippen LogP contribution in [-0.4, -0.2) is 83.3 Å². The minimum Gasteiger partial charge on any atom is -0.395 e. The van der Waals surface area contributed by atoms with Crippen LogP contribution in [0.15, 0.2) is 0 Å². The third-order valence-electron chi connectivity index (χ3n) is 2.66. The Morgan fingerprint density at radius 3 is 1.55 bits per heavy atom. The van der Waals surface area contributed by atoms with Crippen molar-refractivity contribution in [3.8, 4) is 0 Å². The maximum atomic E-state index is 10.4. The second-order valence-electron chi connectivity index (χ2n) is 4.56. The van der Waals surface area contributed by atoms with Gasteiger partial charge in [-0.2, -0.15) is 0 Å². The second kappa shape index (κ2) is 28.5. The Morgan fingerprint density at radius 1 is 0.900 bits per heavy atom. The minimum atomic E-state index is -0.159. The summed E-state index contributed by atoms with van der Waals surface area (Å²) < 4.78 is 0. The van der Waals surface area contributed by atoms with Crippen molar-refractivity contribution in [1.29, 1.82) is 0 Å². The van der Waals surface area contributed by atoms with Crippen molar-refractivity contribution in [2.75, 3.05) is 13.2 Å². The Labute approximate surface area is 169 Å². The molecule has 20 heavy (non-hydrogen) atoms. The Morgan fingerprint density at radius 2 is 1.25 bits per heavy atom. The molecule has 5 N–H and O–H groups in total. The molecule has 4 nitrogen and oxygen atoms in total. The molecule has 0 aromatic carbocycles. The molecule has 0 aliphatic rings. The maximum absolute atomic E-state index is 10.4. The molecule has 0 aliphatic carbocycles. The van der Waals surface area contributed by atoms with Crippen LogP contribution in [0.3, 0.4) is 0 Å². The van der Waals surface area contributed by atoms with Crippen LogP contribution in [-0.2, 0) is 4.79 Å². The number of unbranched alkanes of at least 4 members (excludes halogenated alkanes) is 8. The second-order valence-corrected chi connectivity index (χ2v) is 4.56. The molecule has 0 aromatic rings. The van der Waals surface area contributed by atoms with Gasteiger partial charge >= 0.3 is 0 Å². The molecule has 1 amide bonds. The largest absolute Gasteiger partial charge is 0.395 e. The fraction of sp³-hybridized carbons (Fsp3) is 0.929. The van der Waals surface area contributed by atoms with E-state index in [0.717, 1.165) is 12.8 Å². The first-order chi connectivity index (χ1) is 8.68. The Bertz CT molecular complexity index is 171. The van der Waals surface area contributed by atoms with Gasteiger partial charge in [0.2, 0.25) is 5.91 Å². The number of rotatable bonds is 11. The monoisotopic (exact) mass is 306 g/mol. The molecule has 0 spiro atoms. The van der Waals surface area contributed by atoms with E-state index in [1.54, 1.807) is 0 Å². The van der Waals surface area contributed by atoms with Crippen LogP contribution in [0.5, 0.6) is 0 Å². The van der Waals surface area contributed by atoms with Crippen molar-refractivity contribution in [1.82, 2.24) is 0 Å². The molecule has 0 aliphatic heterocycles. The minimum absolute atomic E-state index is 0. The molecule has 0 saturated carbocycles. The molecule has 2 radical (unpaired) electrons. The zero-order valence-electron chi connectivity index (χ0n) is 14.0. The van der Waals surface area contributed by atoms with Crippen LogP contribution in [0.4, 0.5) is 0 Å². The van der Waals surface area contributed by atoms with Crippen molar-refractivity contribution in [3.05, 3.63) is 0 Å². The topological polar surface area (TPSA) is 89.3 Å². The molecule has 0 fully saturated rings.